The van der Waals surface area contributed by atoms with E-state index in [1.165, 1.54) is 16.9 Å². The molecule has 0 amide bonds. The summed E-state index contributed by atoms with van der Waals surface area (Å²) in [6.07, 6.45) is 2.23. The van der Waals surface area contributed by atoms with E-state index in [0.717, 1.165) is 0 Å². The van der Waals surface area contributed by atoms with Crippen LogP contribution in [0.5, 0.6) is 0 Å². The second kappa shape index (κ2) is 5.44. The molecule has 2 rings (SSSR count). The van der Waals surface area contributed by atoms with Gasteiger partial charge in [0.2, 0.25) is 0 Å². The zero-order chi connectivity index (χ0) is 14.7. The van der Waals surface area contributed by atoms with E-state index in [0.29, 0.717) is 24.2 Å². The summed E-state index contributed by atoms with van der Waals surface area (Å²) in [4.78, 5) is 10.8. The molecule has 0 fully saturated rings. The fourth-order valence-electron chi connectivity index (χ4n) is 2.00. The van der Waals surface area contributed by atoms with Crippen molar-refractivity contribution in [2.45, 2.75) is 26.7 Å². The maximum Gasteiger partial charge on any atom is 0.313 e. The van der Waals surface area contributed by atoms with Crippen LogP contribution in [-0.4, -0.2) is 24.9 Å². The van der Waals surface area contributed by atoms with Gasteiger partial charge < -0.3 is 0 Å². The molecule has 0 aliphatic heterocycles. The van der Waals surface area contributed by atoms with Gasteiger partial charge in [0.1, 0.15) is 23.0 Å². The second-order valence-corrected chi connectivity index (χ2v) is 4.00. The first-order valence-electron chi connectivity index (χ1n) is 6.11. The Balaban J connectivity index is 2.75. The molecule has 0 N–H and O–H groups in total. The summed E-state index contributed by atoms with van der Waals surface area (Å²) in [5, 5.41) is 32.1. The molecule has 0 saturated carbocycles. The quantitative estimate of drug-likeness (QED) is 0.617. The molecule has 2 heterocycles. The fraction of sp³-hybridized carbons (Fsp3) is 0.333. The maximum atomic E-state index is 11.2. The van der Waals surface area contributed by atoms with Crippen LogP contribution in [0.3, 0.4) is 0 Å². The number of aryl methyl sites for hydroxylation is 1. The zero-order valence-electron chi connectivity index (χ0n) is 11.1. The highest BCUT2D eigenvalue weighted by Gasteiger charge is 2.27. The minimum Gasteiger partial charge on any atom is -0.258 e. The van der Waals surface area contributed by atoms with Gasteiger partial charge in [0.25, 0.3) is 0 Å². The number of nitriles is 1. The summed E-state index contributed by atoms with van der Waals surface area (Å²) >= 11 is 0. The van der Waals surface area contributed by atoms with E-state index in [1.807, 2.05) is 6.07 Å². The summed E-state index contributed by atoms with van der Waals surface area (Å²) in [5.41, 5.74) is 1.06. The lowest BCUT2D eigenvalue weighted by Crippen LogP contribution is -2.08. The van der Waals surface area contributed by atoms with Gasteiger partial charge in [-0.2, -0.15) is 15.5 Å². The highest BCUT2D eigenvalue weighted by molar-refractivity contribution is 5.49. The molecular formula is C12H12N6O2. The SMILES string of the molecule is CCc1nn(-c2nnccc2C#N)c(CC)c1[N+](=O)[O-]. The van der Waals surface area contributed by atoms with Gasteiger partial charge in [0, 0.05) is 0 Å². The molecule has 0 radical (unpaired) electrons. The fourth-order valence-corrected chi connectivity index (χ4v) is 2.00. The first kappa shape index (κ1) is 13.6. The van der Waals surface area contributed by atoms with Gasteiger partial charge >= 0.3 is 5.69 Å². The van der Waals surface area contributed by atoms with Crippen molar-refractivity contribution >= 4 is 5.69 Å². The van der Waals surface area contributed by atoms with Gasteiger partial charge in [-0.05, 0) is 18.9 Å². The minimum absolute atomic E-state index is 0.00968. The smallest absolute Gasteiger partial charge is 0.258 e. The monoisotopic (exact) mass is 272 g/mol. The molecule has 0 aliphatic rings. The van der Waals surface area contributed by atoms with E-state index in [-0.39, 0.29) is 17.1 Å². The van der Waals surface area contributed by atoms with Crippen molar-refractivity contribution in [1.82, 2.24) is 20.0 Å². The second-order valence-electron chi connectivity index (χ2n) is 4.00. The number of hydrogen-bond acceptors (Lipinski definition) is 6. The number of nitro groups is 1. The third-order valence-corrected chi connectivity index (χ3v) is 2.90. The van der Waals surface area contributed by atoms with Crippen LogP contribution in [-0.2, 0) is 12.8 Å². The Labute approximate surface area is 114 Å². The van der Waals surface area contributed by atoms with Crippen LogP contribution in [0.2, 0.25) is 0 Å². The summed E-state index contributed by atoms with van der Waals surface area (Å²) in [5.74, 6) is 0.217. The van der Waals surface area contributed by atoms with E-state index >= 15 is 0 Å². The first-order chi connectivity index (χ1) is 9.63. The van der Waals surface area contributed by atoms with Crippen LogP contribution < -0.4 is 0 Å². The number of rotatable bonds is 4. The molecular weight excluding hydrogens is 260 g/mol. The van der Waals surface area contributed by atoms with Crippen molar-refractivity contribution in [3.63, 3.8) is 0 Å². The van der Waals surface area contributed by atoms with Crippen molar-refractivity contribution in [3.8, 4) is 11.9 Å². The molecule has 8 heteroatoms. The molecule has 2 aromatic rings. The van der Waals surface area contributed by atoms with Gasteiger partial charge in [-0.25, -0.2) is 4.68 Å². The molecule has 0 saturated heterocycles. The molecule has 102 valence electrons. The van der Waals surface area contributed by atoms with E-state index in [4.69, 9.17) is 5.26 Å². The third kappa shape index (κ3) is 2.09. The van der Waals surface area contributed by atoms with E-state index in [1.54, 1.807) is 13.8 Å². The Hall–Kier alpha value is -2.82. The molecule has 0 aliphatic carbocycles. The van der Waals surface area contributed by atoms with Gasteiger partial charge in [0.05, 0.1) is 11.1 Å². The van der Waals surface area contributed by atoms with Crippen LogP contribution in [0.4, 0.5) is 5.69 Å². The molecule has 0 bridgehead atoms. The first-order valence-corrected chi connectivity index (χ1v) is 6.11. The topological polar surface area (TPSA) is 111 Å². The van der Waals surface area contributed by atoms with Crippen molar-refractivity contribution in [2.24, 2.45) is 0 Å². The molecule has 2 aromatic heterocycles. The highest BCUT2D eigenvalue weighted by atomic mass is 16.6. The summed E-state index contributed by atoms with van der Waals surface area (Å²) < 4.78 is 1.35. The Kier molecular flexibility index (Phi) is 3.70. The molecule has 8 nitrogen and oxygen atoms in total. The van der Waals surface area contributed by atoms with E-state index in [2.05, 4.69) is 15.3 Å². The molecule has 0 unspecified atom stereocenters. The van der Waals surface area contributed by atoms with Crippen LogP contribution in [0.25, 0.3) is 5.82 Å². The Bertz CT molecular complexity index is 700. The average Bonchev–Trinajstić information content (AvgIpc) is 2.85. The third-order valence-electron chi connectivity index (χ3n) is 2.90. The summed E-state index contributed by atoms with van der Waals surface area (Å²) in [6, 6.07) is 3.49. The van der Waals surface area contributed by atoms with Crippen LogP contribution in [0.15, 0.2) is 12.3 Å². The van der Waals surface area contributed by atoms with E-state index < -0.39 is 4.92 Å². The maximum absolute atomic E-state index is 11.2. The molecule has 20 heavy (non-hydrogen) atoms. The standard InChI is InChI=1S/C12H12N6O2/c1-3-9-11(18(19)20)10(4-2)17(16-9)12-8(7-13)5-6-14-15-12/h5-6H,3-4H2,1-2H3. The van der Waals surface area contributed by atoms with Gasteiger partial charge in [0.15, 0.2) is 5.82 Å². The molecule has 0 spiro atoms. The normalized spacial score (nSPS) is 10.2. The molecule has 0 aromatic carbocycles. The lowest BCUT2D eigenvalue weighted by Gasteiger charge is -2.04. The number of hydrogen-bond donors (Lipinski definition) is 0. The van der Waals surface area contributed by atoms with Crippen molar-refractivity contribution in [1.29, 1.82) is 5.26 Å². The minimum atomic E-state index is -0.441. The largest absolute Gasteiger partial charge is 0.313 e. The average molecular weight is 272 g/mol. The van der Waals surface area contributed by atoms with Crippen molar-refractivity contribution < 1.29 is 4.92 Å². The van der Waals surface area contributed by atoms with Gasteiger partial charge in [-0.3, -0.25) is 10.1 Å². The van der Waals surface area contributed by atoms with Crippen LogP contribution >= 0.6 is 0 Å². The van der Waals surface area contributed by atoms with Crippen LogP contribution in [0, 0.1) is 21.4 Å². The number of nitrogens with zero attached hydrogens (tertiary/aromatic N) is 6. The summed E-state index contributed by atoms with van der Waals surface area (Å²) in [7, 11) is 0. The van der Waals surface area contributed by atoms with E-state index in [9.17, 15) is 10.1 Å². The van der Waals surface area contributed by atoms with Crippen molar-refractivity contribution in [3.05, 3.63) is 39.3 Å². The van der Waals surface area contributed by atoms with Gasteiger partial charge in [-0.15, -0.1) is 5.10 Å². The Morgan fingerprint density at radius 3 is 2.75 bits per heavy atom. The number of aromatic nitrogens is 4. The lowest BCUT2D eigenvalue weighted by molar-refractivity contribution is -0.386. The highest BCUT2D eigenvalue weighted by Crippen LogP contribution is 2.27. The van der Waals surface area contributed by atoms with Crippen LogP contribution in [0.1, 0.15) is 30.8 Å². The molecule has 0 atom stereocenters. The zero-order valence-corrected chi connectivity index (χ0v) is 11.1. The predicted octanol–water partition coefficient (Wildman–Crippen LogP) is 1.57. The predicted molar refractivity (Wildman–Crippen MR) is 69.3 cm³/mol. The lowest BCUT2D eigenvalue weighted by atomic mass is 10.2. The summed E-state index contributed by atoms with van der Waals surface area (Å²) in [6.45, 7) is 3.59. The Morgan fingerprint density at radius 1 is 1.45 bits per heavy atom. The Morgan fingerprint density at radius 2 is 2.20 bits per heavy atom. The van der Waals surface area contributed by atoms with Gasteiger partial charge in [-0.1, -0.05) is 13.8 Å². The van der Waals surface area contributed by atoms with Crippen molar-refractivity contribution in [2.75, 3.05) is 0 Å².